The minimum absolute atomic E-state index is 0.130. The first-order valence-corrected chi connectivity index (χ1v) is 17.0. The van der Waals surface area contributed by atoms with Crippen molar-refractivity contribution in [2.45, 2.75) is 205 Å². The van der Waals surface area contributed by atoms with E-state index >= 15 is 0 Å². The Morgan fingerprint density at radius 1 is 0.139 bits per heavy atom. The summed E-state index contributed by atoms with van der Waals surface area (Å²) in [6, 6.07) is 0. The summed E-state index contributed by atoms with van der Waals surface area (Å²) >= 11 is 0. The van der Waals surface area contributed by atoms with E-state index in [1.54, 1.807) is 0 Å². The lowest BCUT2D eigenvalue weighted by atomic mass is 10.0. The van der Waals surface area contributed by atoms with Gasteiger partial charge in [0.1, 0.15) is 0 Å². The molecule has 0 bridgehead atoms. The molecule has 0 amide bonds. The zero-order valence-electron chi connectivity index (χ0n) is 24.8. The molecule has 0 heterocycles. The van der Waals surface area contributed by atoms with E-state index in [1.165, 1.54) is 180 Å². The van der Waals surface area contributed by atoms with Crippen LogP contribution in [0.5, 0.6) is 0 Å². The van der Waals surface area contributed by atoms with Crippen LogP contribution in [0.4, 0.5) is 8.78 Å². The van der Waals surface area contributed by atoms with Crippen molar-refractivity contribution < 1.29 is 8.78 Å². The average molecular weight is 515 g/mol. The van der Waals surface area contributed by atoms with Crippen LogP contribution in [0.3, 0.4) is 0 Å². The van der Waals surface area contributed by atoms with Crippen LogP contribution in [0, 0.1) is 0 Å². The van der Waals surface area contributed by atoms with Gasteiger partial charge in [-0.15, -0.1) is 0 Å². The summed E-state index contributed by atoms with van der Waals surface area (Å²) in [4.78, 5) is 0. The van der Waals surface area contributed by atoms with Gasteiger partial charge in [-0.25, -0.2) is 0 Å². The van der Waals surface area contributed by atoms with Crippen molar-refractivity contribution in [2.24, 2.45) is 0 Å². The molecular formula is C34H68F2. The van der Waals surface area contributed by atoms with E-state index < -0.39 is 0 Å². The maximum atomic E-state index is 12.0. The Morgan fingerprint density at radius 3 is 0.306 bits per heavy atom. The molecule has 0 aromatic heterocycles. The number of hydrogen-bond donors (Lipinski definition) is 0. The zero-order valence-corrected chi connectivity index (χ0v) is 24.8. The van der Waals surface area contributed by atoms with Crippen molar-refractivity contribution in [1.29, 1.82) is 0 Å². The van der Waals surface area contributed by atoms with Crippen LogP contribution < -0.4 is 0 Å². The van der Waals surface area contributed by atoms with Crippen LogP contribution in [0.15, 0.2) is 0 Å². The molecule has 0 aliphatic carbocycles. The smallest absolute Gasteiger partial charge is 0.0894 e. The molecule has 0 N–H and O–H groups in total. The van der Waals surface area contributed by atoms with Crippen LogP contribution in [0.2, 0.25) is 0 Å². The molecule has 0 saturated carbocycles. The Morgan fingerprint density at radius 2 is 0.222 bits per heavy atom. The van der Waals surface area contributed by atoms with E-state index in [2.05, 4.69) is 0 Å². The summed E-state index contributed by atoms with van der Waals surface area (Å²) in [5.41, 5.74) is 0. The highest BCUT2D eigenvalue weighted by atomic mass is 19.1. The van der Waals surface area contributed by atoms with Gasteiger partial charge in [-0.2, -0.15) is 0 Å². The van der Waals surface area contributed by atoms with Gasteiger partial charge in [-0.3, -0.25) is 8.78 Å². The fourth-order valence-corrected chi connectivity index (χ4v) is 5.49. The van der Waals surface area contributed by atoms with E-state index in [0.717, 1.165) is 25.7 Å². The summed E-state index contributed by atoms with van der Waals surface area (Å²) in [7, 11) is 0. The molecule has 0 saturated heterocycles. The minimum Gasteiger partial charge on any atom is -0.251 e. The van der Waals surface area contributed by atoms with E-state index in [1.807, 2.05) is 0 Å². The lowest BCUT2D eigenvalue weighted by Crippen LogP contribution is -1.85. The van der Waals surface area contributed by atoms with Crippen LogP contribution in [0.1, 0.15) is 205 Å². The summed E-state index contributed by atoms with van der Waals surface area (Å²) in [5, 5.41) is 0. The van der Waals surface area contributed by atoms with Gasteiger partial charge < -0.3 is 0 Å². The van der Waals surface area contributed by atoms with E-state index in [9.17, 15) is 8.78 Å². The van der Waals surface area contributed by atoms with Crippen molar-refractivity contribution in [3.63, 3.8) is 0 Å². The lowest BCUT2D eigenvalue weighted by molar-refractivity contribution is 0.448. The van der Waals surface area contributed by atoms with Crippen molar-refractivity contribution in [2.75, 3.05) is 13.3 Å². The van der Waals surface area contributed by atoms with Crippen molar-refractivity contribution >= 4 is 0 Å². The summed E-state index contributed by atoms with van der Waals surface area (Å²) in [6.07, 6.45) is 43.2. The molecule has 0 unspecified atom stereocenters. The number of alkyl halides is 2. The Bertz CT molecular complexity index is 323. The molecule has 218 valence electrons. The SMILES string of the molecule is FCCCCCCCCCCCCCCCCCCCCCCCCCCCCCCCCCCF. The fourth-order valence-electron chi connectivity index (χ4n) is 5.49. The maximum Gasteiger partial charge on any atom is 0.0894 e. The molecule has 0 spiro atoms. The van der Waals surface area contributed by atoms with E-state index in [0.29, 0.717) is 0 Å². The first-order chi connectivity index (χ1) is 17.9. The van der Waals surface area contributed by atoms with Crippen molar-refractivity contribution in [3.8, 4) is 0 Å². The summed E-state index contributed by atoms with van der Waals surface area (Å²) in [6.45, 7) is -0.261. The average Bonchev–Trinajstić information content (AvgIpc) is 2.89. The third-order valence-electron chi connectivity index (χ3n) is 8.02. The minimum atomic E-state index is -0.130. The second kappa shape index (κ2) is 34.9. The van der Waals surface area contributed by atoms with Crippen LogP contribution in [-0.2, 0) is 0 Å². The predicted octanol–water partition coefficient (Wildman–Crippen LogP) is 13.4. The first kappa shape index (κ1) is 35.9. The molecule has 0 radical (unpaired) electrons. The standard InChI is InChI=1S/C34H68F2/c35-33-31-29-27-25-23-21-19-17-15-13-11-9-7-5-3-1-2-4-6-8-10-12-14-16-18-20-22-24-26-28-30-32-34-36/h1-34H2. The second-order valence-corrected chi connectivity index (χ2v) is 11.7. The number of rotatable bonds is 33. The lowest BCUT2D eigenvalue weighted by Gasteiger charge is -2.04. The highest BCUT2D eigenvalue weighted by Crippen LogP contribution is 2.16. The first-order valence-electron chi connectivity index (χ1n) is 17.0. The van der Waals surface area contributed by atoms with Gasteiger partial charge >= 0.3 is 0 Å². The monoisotopic (exact) mass is 515 g/mol. The van der Waals surface area contributed by atoms with Gasteiger partial charge in [0.25, 0.3) is 0 Å². The number of hydrogen-bond acceptors (Lipinski definition) is 0. The van der Waals surface area contributed by atoms with Gasteiger partial charge in [0.05, 0.1) is 13.3 Å². The van der Waals surface area contributed by atoms with E-state index in [4.69, 9.17) is 0 Å². The highest BCUT2D eigenvalue weighted by molar-refractivity contribution is 4.52. The normalized spacial score (nSPS) is 11.5. The third-order valence-corrected chi connectivity index (χ3v) is 8.02. The summed E-state index contributed by atoms with van der Waals surface area (Å²) in [5.74, 6) is 0. The Labute approximate surface area is 227 Å². The molecule has 0 rings (SSSR count). The Kier molecular flexibility index (Phi) is 34.7. The van der Waals surface area contributed by atoms with Gasteiger partial charge in [0, 0.05) is 0 Å². The highest BCUT2D eigenvalue weighted by Gasteiger charge is 1.97. The molecule has 0 atom stereocenters. The largest absolute Gasteiger partial charge is 0.251 e. The molecule has 0 aromatic carbocycles. The second-order valence-electron chi connectivity index (χ2n) is 11.7. The molecule has 36 heavy (non-hydrogen) atoms. The quantitative estimate of drug-likeness (QED) is 0.0764. The topological polar surface area (TPSA) is 0 Å². The molecule has 0 fully saturated rings. The van der Waals surface area contributed by atoms with Crippen LogP contribution >= 0.6 is 0 Å². The molecule has 2 heteroatoms. The molecular weight excluding hydrogens is 446 g/mol. The van der Waals surface area contributed by atoms with Gasteiger partial charge in [-0.1, -0.05) is 193 Å². The molecule has 0 aromatic rings. The molecule has 0 aliphatic rings. The Balaban J connectivity index is 3.00. The summed E-state index contributed by atoms with van der Waals surface area (Å²) < 4.78 is 24.0. The van der Waals surface area contributed by atoms with Crippen LogP contribution in [0.25, 0.3) is 0 Å². The van der Waals surface area contributed by atoms with Gasteiger partial charge in [0.2, 0.25) is 0 Å². The predicted molar refractivity (Wildman–Crippen MR) is 160 cm³/mol. The van der Waals surface area contributed by atoms with Crippen molar-refractivity contribution in [3.05, 3.63) is 0 Å². The number of unbranched alkanes of at least 4 members (excludes halogenated alkanes) is 31. The zero-order chi connectivity index (χ0) is 26.0. The van der Waals surface area contributed by atoms with Crippen molar-refractivity contribution in [1.82, 2.24) is 0 Å². The van der Waals surface area contributed by atoms with Gasteiger partial charge in [-0.05, 0) is 12.8 Å². The van der Waals surface area contributed by atoms with Crippen LogP contribution in [-0.4, -0.2) is 13.3 Å². The van der Waals surface area contributed by atoms with E-state index in [-0.39, 0.29) is 13.3 Å². The van der Waals surface area contributed by atoms with Gasteiger partial charge in [0.15, 0.2) is 0 Å². The fraction of sp³-hybridized carbons (Fsp3) is 1.00. The molecule has 0 aliphatic heterocycles. The third kappa shape index (κ3) is 33.9. The number of halogens is 2. The molecule has 0 nitrogen and oxygen atoms in total. The maximum absolute atomic E-state index is 12.0. The Hall–Kier alpha value is -0.140.